The maximum Gasteiger partial charge on any atom is 0.262 e. The van der Waals surface area contributed by atoms with Crippen LogP contribution in [0.4, 0.5) is 0 Å². The molecule has 5 heterocycles. The van der Waals surface area contributed by atoms with E-state index >= 15 is 0 Å². The fourth-order valence-corrected chi connectivity index (χ4v) is 6.16. The molecule has 166 valence electrons. The van der Waals surface area contributed by atoms with E-state index in [-0.39, 0.29) is 35.4 Å². The Labute approximate surface area is 193 Å². The number of rotatable bonds is 3. The highest BCUT2D eigenvalue weighted by Crippen LogP contribution is 2.35. The van der Waals surface area contributed by atoms with Crippen molar-refractivity contribution in [3.8, 4) is 10.4 Å². The number of likely N-dealkylation sites (tertiary alicyclic amines) is 1. The van der Waals surface area contributed by atoms with Crippen LogP contribution in [-0.2, 0) is 17.9 Å². The van der Waals surface area contributed by atoms with Crippen molar-refractivity contribution in [3.05, 3.63) is 87.3 Å². The number of hydrogen-bond acceptors (Lipinski definition) is 5. The maximum absolute atomic E-state index is 13.2. The van der Waals surface area contributed by atoms with Gasteiger partial charge in [-0.05, 0) is 30.0 Å². The van der Waals surface area contributed by atoms with Gasteiger partial charge in [0.2, 0.25) is 5.91 Å². The summed E-state index contributed by atoms with van der Waals surface area (Å²) < 4.78 is 3.26. The molecule has 0 saturated carbocycles. The van der Waals surface area contributed by atoms with Gasteiger partial charge in [0.15, 0.2) is 0 Å². The molecule has 0 unspecified atom stereocenters. The summed E-state index contributed by atoms with van der Waals surface area (Å²) >= 11 is 1.48. The monoisotopic (exact) mass is 458 g/mol. The third-order valence-electron chi connectivity index (χ3n) is 6.71. The van der Waals surface area contributed by atoms with Gasteiger partial charge in [-0.25, -0.2) is 4.98 Å². The fraction of sp³-hybridized carbons (Fsp3) is 0.280. The first kappa shape index (κ1) is 20.1. The van der Waals surface area contributed by atoms with Crippen molar-refractivity contribution in [1.82, 2.24) is 19.0 Å². The minimum atomic E-state index is -0.194. The largest absolute Gasteiger partial charge is 0.340 e. The molecule has 0 aliphatic carbocycles. The molecule has 8 heteroatoms. The lowest BCUT2D eigenvalue weighted by atomic mass is 9.83. The van der Waals surface area contributed by atoms with Crippen LogP contribution in [0.25, 0.3) is 20.7 Å². The number of hydrogen-bond donors (Lipinski definition) is 0. The Morgan fingerprint density at radius 3 is 2.73 bits per heavy atom. The van der Waals surface area contributed by atoms with Gasteiger partial charge < -0.3 is 9.47 Å². The first-order valence-electron chi connectivity index (χ1n) is 11.1. The molecule has 1 saturated heterocycles. The van der Waals surface area contributed by atoms with Crippen molar-refractivity contribution < 1.29 is 4.79 Å². The van der Waals surface area contributed by atoms with Crippen LogP contribution in [0.1, 0.15) is 18.0 Å². The summed E-state index contributed by atoms with van der Waals surface area (Å²) in [5, 5.41) is 0.540. The van der Waals surface area contributed by atoms with Gasteiger partial charge in [-0.1, -0.05) is 36.4 Å². The van der Waals surface area contributed by atoms with E-state index in [2.05, 4.69) is 4.98 Å². The Hall–Kier alpha value is -3.52. The lowest BCUT2D eigenvalue weighted by molar-refractivity contribution is -0.134. The van der Waals surface area contributed by atoms with Gasteiger partial charge in [-0.15, -0.1) is 11.3 Å². The van der Waals surface area contributed by atoms with Gasteiger partial charge in [0.1, 0.15) is 11.4 Å². The van der Waals surface area contributed by atoms with Crippen molar-refractivity contribution in [2.45, 2.75) is 25.4 Å². The summed E-state index contributed by atoms with van der Waals surface area (Å²) in [6, 6.07) is 17.1. The van der Waals surface area contributed by atoms with E-state index in [9.17, 15) is 14.4 Å². The Bertz CT molecular complexity index is 1490. The molecule has 6 rings (SSSR count). The molecule has 2 atom stereocenters. The van der Waals surface area contributed by atoms with Crippen molar-refractivity contribution in [2.24, 2.45) is 5.92 Å². The SMILES string of the molecule is O=C(Cn1cnc2sc(-c3ccccc3)cc2c1=O)N1C[C@H]2C[C@@H](C1)c1cccc(=O)n1C2. The molecule has 4 aromatic rings. The summed E-state index contributed by atoms with van der Waals surface area (Å²) in [7, 11) is 0. The summed E-state index contributed by atoms with van der Waals surface area (Å²) in [6.07, 6.45) is 2.46. The predicted molar refractivity (Wildman–Crippen MR) is 127 cm³/mol. The Morgan fingerprint density at radius 2 is 1.88 bits per heavy atom. The topological polar surface area (TPSA) is 77.2 Å². The lowest BCUT2D eigenvalue weighted by Crippen LogP contribution is -2.50. The first-order chi connectivity index (χ1) is 16.1. The molecule has 1 aromatic carbocycles. The van der Waals surface area contributed by atoms with Crippen LogP contribution in [0, 0.1) is 5.92 Å². The van der Waals surface area contributed by atoms with Crippen molar-refractivity contribution in [2.75, 3.05) is 13.1 Å². The van der Waals surface area contributed by atoms with E-state index in [1.807, 2.05) is 51.9 Å². The van der Waals surface area contributed by atoms with Crippen LogP contribution in [0.3, 0.4) is 0 Å². The third kappa shape index (κ3) is 3.51. The Balaban J connectivity index is 1.25. The number of carbonyl (C=O) groups is 1. The van der Waals surface area contributed by atoms with Crippen LogP contribution >= 0.6 is 11.3 Å². The molecule has 3 aromatic heterocycles. The average molecular weight is 459 g/mol. The van der Waals surface area contributed by atoms with Crippen molar-refractivity contribution >= 4 is 27.5 Å². The summed E-state index contributed by atoms with van der Waals surface area (Å²) in [5.74, 6) is 0.319. The zero-order valence-electron chi connectivity index (χ0n) is 17.9. The second kappa shape index (κ2) is 7.81. The third-order valence-corrected chi connectivity index (χ3v) is 7.81. The van der Waals surface area contributed by atoms with Gasteiger partial charge in [-0.2, -0.15) is 0 Å². The van der Waals surface area contributed by atoms with E-state index in [1.165, 1.54) is 22.2 Å². The highest BCUT2D eigenvalue weighted by molar-refractivity contribution is 7.21. The molecule has 2 aliphatic heterocycles. The van der Waals surface area contributed by atoms with Gasteiger partial charge in [0, 0.05) is 42.2 Å². The quantitative estimate of drug-likeness (QED) is 0.473. The highest BCUT2D eigenvalue weighted by atomic mass is 32.1. The number of fused-ring (bicyclic) bond motifs is 5. The number of amides is 1. The van der Waals surface area contributed by atoms with Gasteiger partial charge >= 0.3 is 0 Å². The molecule has 1 amide bonds. The van der Waals surface area contributed by atoms with Gasteiger partial charge in [0.25, 0.3) is 11.1 Å². The minimum absolute atomic E-state index is 0.0264. The highest BCUT2D eigenvalue weighted by Gasteiger charge is 2.36. The van der Waals surface area contributed by atoms with E-state index in [1.54, 1.807) is 12.1 Å². The summed E-state index contributed by atoms with van der Waals surface area (Å²) in [5.41, 5.74) is 1.88. The normalized spacial score (nSPS) is 19.5. The molecule has 7 nitrogen and oxygen atoms in total. The standard InChI is InChI=1S/C25H22N4O3S/c30-22-8-4-7-20-18-9-16(12-29(20)22)11-27(13-18)23(31)14-28-15-26-24-19(25(28)32)10-21(33-24)17-5-2-1-3-6-17/h1-8,10,15-16,18H,9,11-14H2/t16-,18+/m1/s1. The van der Waals surface area contributed by atoms with Crippen LogP contribution < -0.4 is 11.1 Å². The van der Waals surface area contributed by atoms with Gasteiger partial charge in [-0.3, -0.25) is 19.0 Å². The zero-order valence-corrected chi connectivity index (χ0v) is 18.7. The molecule has 33 heavy (non-hydrogen) atoms. The second-order valence-electron chi connectivity index (χ2n) is 8.87. The molecule has 0 spiro atoms. The van der Waals surface area contributed by atoms with Crippen LogP contribution in [-0.4, -0.2) is 38.0 Å². The average Bonchev–Trinajstić information content (AvgIpc) is 3.27. The molecular formula is C25H22N4O3S. The van der Waals surface area contributed by atoms with E-state index in [0.717, 1.165) is 22.6 Å². The summed E-state index contributed by atoms with van der Waals surface area (Å²) in [6.45, 7) is 1.79. The molecule has 0 N–H and O–H groups in total. The van der Waals surface area contributed by atoms with E-state index < -0.39 is 0 Å². The maximum atomic E-state index is 13.2. The molecule has 2 aliphatic rings. The summed E-state index contributed by atoms with van der Waals surface area (Å²) in [4.78, 5) is 46.5. The molecule has 1 fully saturated rings. The Kier molecular flexibility index (Phi) is 4.76. The molecular weight excluding hydrogens is 436 g/mol. The number of benzene rings is 1. The van der Waals surface area contributed by atoms with Crippen LogP contribution in [0.15, 0.2) is 70.5 Å². The first-order valence-corrected chi connectivity index (χ1v) is 11.9. The van der Waals surface area contributed by atoms with E-state index in [4.69, 9.17) is 0 Å². The lowest BCUT2D eigenvalue weighted by Gasteiger charge is -2.42. The van der Waals surface area contributed by atoms with Crippen LogP contribution in [0.2, 0.25) is 0 Å². The number of nitrogens with zero attached hydrogens (tertiary/aromatic N) is 4. The fourth-order valence-electron chi connectivity index (χ4n) is 5.16. The Morgan fingerprint density at radius 1 is 1.03 bits per heavy atom. The minimum Gasteiger partial charge on any atom is -0.340 e. The molecule has 0 radical (unpaired) electrons. The van der Waals surface area contributed by atoms with Crippen LogP contribution in [0.5, 0.6) is 0 Å². The number of pyridine rings is 1. The van der Waals surface area contributed by atoms with Crippen molar-refractivity contribution in [1.29, 1.82) is 0 Å². The second-order valence-corrected chi connectivity index (χ2v) is 9.90. The van der Waals surface area contributed by atoms with Gasteiger partial charge in [0.05, 0.1) is 11.7 Å². The molecule has 2 bridgehead atoms. The van der Waals surface area contributed by atoms with Crippen molar-refractivity contribution in [3.63, 3.8) is 0 Å². The predicted octanol–water partition coefficient (Wildman–Crippen LogP) is 2.93. The number of aromatic nitrogens is 3. The number of piperidine rings is 1. The number of thiophene rings is 1. The zero-order chi connectivity index (χ0) is 22.5. The van der Waals surface area contributed by atoms with E-state index in [0.29, 0.717) is 29.9 Å². The number of carbonyl (C=O) groups excluding carboxylic acids is 1. The smallest absolute Gasteiger partial charge is 0.262 e.